The van der Waals surface area contributed by atoms with Gasteiger partial charge in [0.2, 0.25) is 10.0 Å². The molecule has 0 saturated heterocycles. The van der Waals surface area contributed by atoms with Crippen molar-refractivity contribution in [3.8, 4) is 11.5 Å². The van der Waals surface area contributed by atoms with Gasteiger partial charge in [-0.3, -0.25) is 0 Å². The summed E-state index contributed by atoms with van der Waals surface area (Å²) in [5, 5.41) is 0. The fraction of sp³-hybridized carbons (Fsp3) is 0.333. The van der Waals surface area contributed by atoms with Crippen molar-refractivity contribution in [2.75, 3.05) is 13.2 Å². The zero-order valence-corrected chi connectivity index (χ0v) is 14.8. The van der Waals surface area contributed by atoms with Gasteiger partial charge in [-0.1, -0.05) is 19.9 Å². The van der Waals surface area contributed by atoms with E-state index in [2.05, 4.69) is 4.72 Å². The molecule has 0 fully saturated rings. The number of fused-ring (bicyclic) bond motifs is 1. The van der Waals surface area contributed by atoms with E-state index in [0.29, 0.717) is 24.7 Å². The van der Waals surface area contributed by atoms with Gasteiger partial charge in [-0.2, -0.15) is 0 Å². The molecule has 0 aliphatic carbocycles. The Morgan fingerprint density at radius 3 is 2.28 bits per heavy atom. The first-order valence-electron chi connectivity index (χ1n) is 8.04. The molecule has 2 aromatic rings. The average Bonchev–Trinajstić information content (AvgIpc) is 2.59. The lowest BCUT2D eigenvalue weighted by Gasteiger charge is -2.25. The van der Waals surface area contributed by atoms with Crippen LogP contribution in [0.1, 0.15) is 25.5 Å². The molecule has 0 unspecified atom stereocenters. The Bertz CT molecular complexity index is 850. The summed E-state index contributed by atoms with van der Waals surface area (Å²) < 4.78 is 52.1. The van der Waals surface area contributed by atoms with Crippen LogP contribution in [0.3, 0.4) is 0 Å². The summed E-state index contributed by atoms with van der Waals surface area (Å²) in [6.07, 6.45) is 0. The Kier molecular flexibility index (Phi) is 4.96. The molecule has 0 saturated carbocycles. The van der Waals surface area contributed by atoms with Crippen LogP contribution in [-0.2, 0) is 10.0 Å². The number of benzene rings is 2. The first-order chi connectivity index (χ1) is 11.9. The molecular formula is C18H20FNO4S. The van der Waals surface area contributed by atoms with Crippen LogP contribution in [0, 0.1) is 11.7 Å². The van der Waals surface area contributed by atoms with E-state index < -0.39 is 21.9 Å². The summed E-state index contributed by atoms with van der Waals surface area (Å²) in [4.78, 5) is 0.0251. The molecular weight excluding hydrogens is 345 g/mol. The molecule has 0 bridgehead atoms. The largest absolute Gasteiger partial charge is 0.486 e. The number of hydrogen-bond donors (Lipinski definition) is 1. The summed E-state index contributed by atoms with van der Waals surface area (Å²) >= 11 is 0. The van der Waals surface area contributed by atoms with Crippen molar-refractivity contribution in [3.05, 3.63) is 53.8 Å². The molecule has 1 N–H and O–H groups in total. The normalized spacial score (nSPS) is 15.2. The molecule has 5 nitrogen and oxygen atoms in total. The van der Waals surface area contributed by atoms with E-state index in [0.717, 1.165) is 17.7 Å². The third kappa shape index (κ3) is 3.93. The van der Waals surface area contributed by atoms with Crippen LogP contribution in [0.15, 0.2) is 47.4 Å². The van der Waals surface area contributed by atoms with Gasteiger partial charge in [0, 0.05) is 6.04 Å². The molecule has 7 heteroatoms. The number of hydrogen-bond acceptors (Lipinski definition) is 4. The lowest BCUT2D eigenvalue weighted by molar-refractivity contribution is 0.171. The third-order valence-electron chi connectivity index (χ3n) is 4.00. The monoisotopic (exact) mass is 365 g/mol. The van der Waals surface area contributed by atoms with Crippen LogP contribution < -0.4 is 14.2 Å². The molecule has 0 aromatic heterocycles. The second kappa shape index (κ2) is 7.01. The van der Waals surface area contributed by atoms with E-state index in [1.54, 1.807) is 12.1 Å². The van der Waals surface area contributed by atoms with Crippen molar-refractivity contribution in [2.45, 2.75) is 24.8 Å². The minimum atomic E-state index is -3.78. The lowest BCUT2D eigenvalue weighted by atomic mass is 9.97. The second-order valence-electron chi connectivity index (χ2n) is 6.20. The molecule has 25 heavy (non-hydrogen) atoms. The Morgan fingerprint density at radius 2 is 1.64 bits per heavy atom. The quantitative estimate of drug-likeness (QED) is 0.883. The molecule has 2 aromatic carbocycles. The van der Waals surface area contributed by atoms with Crippen molar-refractivity contribution in [1.82, 2.24) is 4.72 Å². The van der Waals surface area contributed by atoms with E-state index >= 15 is 0 Å². The zero-order valence-electron chi connectivity index (χ0n) is 14.0. The van der Waals surface area contributed by atoms with Crippen LogP contribution >= 0.6 is 0 Å². The van der Waals surface area contributed by atoms with E-state index in [9.17, 15) is 12.8 Å². The maximum atomic E-state index is 13.0. The van der Waals surface area contributed by atoms with Gasteiger partial charge in [0.1, 0.15) is 19.0 Å². The van der Waals surface area contributed by atoms with E-state index in [1.165, 1.54) is 12.1 Å². The molecule has 0 amide bonds. The Balaban J connectivity index is 1.90. The molecule has 0 radical (unpaired) electrons. The standard InChI is InChI=1S/C18H20FNO4S/c1-12(2)18(13-3-8-16-17(11-13)24-10-9-23-16)20-25(21,22)15-6-4-14(19)5-7-15/h3-8,11-12,18,20H,9-10H2,1-2H3/t18-/m1/s1. The number of halogens is 1. The van der Waals surface area contributed by atoms with Crippen molar-refractivity contribution < 1.29 is 22.3 Å². The highest BCUT2D eigenvalue weighted by Crippen LogP contribution is 2.35. The maximum Gasteiger partial charge on any atom is 0.241 e. The van der Waals surface area contributed by atoms with Crippen molar-refractivity contribution in [3.63, 3.8) is 0 Å². The number of ether oxygens (including phenoxy) is 2. The van der Waals surface area contributed by atoms with Crippen molar-refractivity contribution in [1.29, 1.82) is 0 Å². The third-order valence-corrected chi connectivity index (χ3v) is 5.46. The first-order valence-corrected chi connectivity index (χ1v) is 9.52. The Morgan fingerprint density at radius 1 is 1.00 bits per heavy atom. The summed E-state index contributed by atoms with van der Waals surface area (Å²) in [6.45, 7) is 4.81. The Hall–Kier alpha value is -2.12. The number of sulfonamides is 1. The zero-order chi connectivity index (χ0) is 18.0. The fourth-order valence-electron chi connectivity index (χ4n) is 2.69. The minimum Gasteiger partial charge on any atom is -0.486 e. The van der Waals surface area contributed by atoms with Gasteiger partial charge in [-0.05, 0) is 47.9 Å². The minimum absolute atomic E-state index is 0.00205. The van der Waals surface area contributed by atoms with Gasteiger partial charge in [-0.25, -0.2) is 17.5 Å². The highest BCUT2D eigenvalue weighted by Gasteiger charge is 2.25. The predicted octanol–water partition coefficient (Wildman–Crippen LogP) is 3.27. The maximum absolute atomic E-state index is 13.0. The van der Waals surface area contributed by atoms with Gasteiger partial charge in [0.15, 0.2) is 11.5 Å². The number of nitrogens with one attached hydrogen (secondary N) is 1. The van der Waals surface area contributed by atoms with E-state index in [1.807, 2.05) is 19.9 Å². The summed E-state index contributed by atoms with van der Waals surface area (Å²) in [7, 11) is -3.78. The van der Waals surface area contributed by atoms with Crippen LogP contribution in [0.4, 0.5) is 4.39 Å². The van der Waals surface area contributed by atoms with E-state index in [-0.39, 0.29) is 10.8 Å². The van der Waals surface area contributed by atoms with Crippen molar-refractivity contribution >= 4 is 10.0 Å². The van der Waals surface area contributed by atoms with Gasteiger partial charge >= 0.3 is 0 Å². The highest BCUT2D eigenvalue weighted by atomic mass is 32.2. The summed E-state index contributed by atoms with van der Waals surface area (Å²) in [5.41, 5.74) is 0.782. The molecule has 0 spiro atoms. The first kappa shape index (κ1) is 17.7. The molecule has 1 heterocycles. The number of rotatable bonds is 5. The smallest absolute Gasteiger partial charge is 0.241 e. The van der Waals surface area contributed by atoms with Gasteiger partial charge in [0.05, 0.1) is 4.90 Å². The van der Waals surface area contributed by atoms with Crippen LogP contribution in [0.5, 0.6) is 11.5 Å². The van der Waals surface area contributed by atoms with Gasteiger partial charge in [0.25, 0.3) is 0 Å². The highest BCUT2D eigenvalue weighted by molar-refractivity contribution is 7.89. The molecule has 1 atom stereocenters. The van der Waals surface area contributed by atoms with Crippen LogP contribution in [-0.4, -0.2) is 21.6 Å². The fourth-order valence-corrected chi connectivity index (χ4v) is 4.06. The van der Waals surface area contributed by atoms with Crippen molar-refractivity contribution in [2.24, 2.45) is 5.92 Å². The summed E-state index contributed by atoms with van der Waals surface area (Å²) in [5.74, 6) is 0.776. The topological polar surface area (TPSA) is 64.6 Å². The van der Waals surface area contributed by atoms with Gasteiger partial charge < -0.3 is 9.47 Å². The van der Waals surface area contributed by atoms with Crippen LogP contribution in [0.25, 0.3) is 0 Å². The molecule has 134 valence electrons. The SMILES string of the molecule is CC(C)[C@@H](NS(=O)(=O)c1ccc(F)cc1)c1ccc2c(c1)OCCO2. The van der Waals surface area contributed by atoms with E-state index in [4.69, 9.17) is 9.47 Å². The Labute approximate surface area is 146 Å². The second-order valence-corrected chi connectivity index (χ2v) is 7.91. The van der Waals surface area contributed by atoms with Gasteiger partial charge in [-0.15, -0.1) is 0 Å². The lowest BCUT2D eigenvalue weighted by Crippen LogP contribution is -2.32. The summed E-state index contributed by atoms with van der Waals surface area (Å²) in [6, 6.07) is 9.71. The molecule has 1 aliphatic heterocycles. The van der Waals surface area contributed by atoms with Crippen LogP contribution in [0.2, 0.25) is 0 Å². The predicted molar refractivity (Wildman–Crippen MR) is 91.7 cm³/mol. The molecule has 3 rings (SSSR count). The average molecular weight is 365 g/mol. The molecule has 1 aliphatic rings.